The van der Waals surface area contributed by atoms with Crippen LogP contribution in [0.2, 0.25) is 0 Å². The van der Waals surface area contributed by atoms with Crippen LogP contribution in [0.25, 0.3) is 0 Å². The molecule has 0 aliphatic heterocycles. The molecule has 0 bridgehead atoms. The van der Waals surface area contributed by atoms with Gasteiger partial charge in [-0.2, -0.15) is 0 Å². The third-order valence-electron chi connectivity index (χ3n) is 10.3. The molecule has 2 aliphatic carbocycles. The number of thioether (sulfide) groups is 2. The van der Waals surface area contributed by atoms with Gasteiger partial charge in [0.15, 0.2) is 0 Å². The number of nitrogens with zero attached hydrogens (tertiary/aromatic N) is 2. The number of nitrogens with one attached hydrogen (secondary N) is 2. The molecule has 2 saturated carbocycles. The van der Waals surface area contributed by atoms with Crippen molar-refractivity contribution in [3.8, 4) is 0 Å². The van der Waals surface area contributed by atoms with Gasteiger partial charge in [-0.25, -0.2) is 0 Å². The van der Waals surface area contributed by atoms with Gasteiger partial charge in [0, 0.05) is 59.1 Å². The molecule has 0 radical (unpaired) electrons. The van der Waals surface area contributed by atoms with Gasteiger partial charge in [0.25, 0.3) is 0 Å². The van der Waals surface area contributed by atoms with Crippen molar-refractivity contribution in [3.63, 3.8) is 0 Å². The molecular weight excluding hydrogens is 613 g/mol. The van der Waals surface area contributed by atoms with Gasteiger partial charge in [-0.05, 0) is 153 Å². The lowest BCUT2D eigenvalue weighted by Crippen LogP contribution is -2.51. The first kappa shape index (κ1) is 38.8. The molecule has 0 saturated heterocycles. The average Bonchev–Trinajstić information content (AvgIpc) is 3.58. The zero-order chi connectivity index (χ0) is 33.5. The molecule has 0 atom stereocenters. The predicted molar refractivity (Wildman–Crippen MR) is 209 cm³/mol. The molecule has 2 fully saturated rings. The van der Waals surface area contributed by atoms with Crippen LogP contribution in [-0.2, 0) is 0 Å². The van der Waals surface area contributed by atoms with Crippen molar-refractivity contribution in [1.29, 1.82) is 0 Å². The van der Waals surface area contributed by atoms with Gasteiger partial charge in [-0.1, -0.05) is 43.2 Å². The Morgan fingerprint density at radius 3 is 1.66 bits per heavy atom. The summed E-state index contributed by atoms with van der Waals surface area (Å²) in [7, 11) is 0. The van der Waals surface area contributed by atoms with Crippen molar-refractivity contribution in [2.75, 3.05) is 50.8 Å². The molecule has 2 aromatic rings. The van der Waals surface area contributed by atoms with E-state index in [1.54, 1.807) is 5.56 Å². The number of benzene rings is 2. The lowest BCUT2D eigenvalue weighted by atomic mass is 9.80. The maximum Gasteiger partial charge on any atom is 0.0128 e. The monoisotopic (exact) mass is 680 g/mol. The first-order valence-electron chi connectivity index (χ1n) is 19.0. The quantitative estimate of drug-likeness (QED) is 0.114. The van der Waals surface area contributed by atoms with Gasteiger partial charge in [-0.3, -0.25) is 9.80 Å². The largest absolute Gasteiger partial charge is 0.315 e. The van der Waals surface area contributed by atoms with Gasteiger partial charge in [0.2, 0.25) is 0 Å². The fourth-order valence-electron chi connectivity index (χ4n) is 7.87. The normalized spacial score (nSPS) is 19.7. The molecule has 0 amide bonds. The summed E-state index contributed by atoms with van der Waals surface area (Å²) in [6.07, 6.45) is 13.3. The summed E-state index contributed by atoms with van der Waals surface area (Å²) in [6.45, 7) is 21.1. The summed E-state index contributed by atoms with van der Waals surface area (Å²) in [6, 6.07) is 21.8. The summed E-state index contributed by atoms with van der Waals surface area (Å²) in [4.78, 5) is 8.39. The van der Waals surface area contributed by atoms with Crippen LogP contribution in [0.5, 0.6) is 0 Å². The van der Waals surface area contributed by atoms with E-state index in [-0.39, 0.29) is 11.1 Å². The highest BCUT2D eigenvalue weighted by Crippen LogP contribution is 2.38. The topological polar surface area (TPSA) is 30.5 Å². The Labute approximate surface area is 298 Å². The Balaban J connectivity index is 1.11. The highest BCUT2D eigenvalue weighted by Gasteiger charge is 2.32. The lowest BCUT2D eigenvalue weighted by Gasteiger charge is -2.45. The number of rotatable bonds is 19. The van der Waals surface area contributed by atoms with Gasteiger partial charge >= 0.3 is 0 Å². The van der Waals surface area contributed by atoms with E-state index < -0.39 is 0 Å². The van der Waals surface area contributed by atoms with E-state index in [9.17, 15) is 0 Å². The first-order chi connectivity index (χ1) is 22.6. The van der Waals surface area contributed by atoms with Crippen molar-refractivity contribution in [1.82, 2.24) is 20.4 Å². The van der Waals surface area contributed by atoms with Gasteiger partial charge in [0.05, 0.1) is 0 Å². The van der Waals surface area contributed by atoms with Crippen molar-refractivity contribution in [2.45, 2.75) is 145 Å². The van der Waals surface area contributed by atoms with E-state index in [0.29, 0.717) is 12.0 Å². The van der Waals surface area contributed by atoms with E-state index in [2.05, 4.69) is 117 Å². The van der Waals surface area contributed by atoms with Crippen LogP contribution >= 0.6 is 23.5 Å². The Bertz CT molecular complexity index is 1110. The Kier molecular flexibility index (Phi) is 16.5. The van der Waals surface area contributed by atoms with Gasteiger partial charge in [0.1, 0.15) is 0 Å². The second kappa shape index (κ2) is 20.0. The number of hydrogen-bond donors (Lipinski definition) is 2. The minimum atomic E-state index is 0.204. The van der Waals surface area contributed by atoms with Gasteiger partial charge < -0.3 is 10.6 Å². The molecule has 0 unspecified atom stereocenters. The Hall–Kier alpha value is -1.02. The van der Waals surface area contributed by atoms with Crippen LogP contribution in [0, 0.1) is 0 Å². The van der Waals surface area contributed by atoms with Crippen LogP contribution in [0.4, 0.5) is 0 Å². The second-order valence-corrected chi connectivity index (χ2v) is 18.3. The molecule has 0 spiro atoms. The molecule has 4 nitrogen and oxygen atoms in total. The zero-order valence-corrected chi connectivity index (χ0v) is 32.5. The standard InChI is InChI=1S/C41H68N4S2/c1-40(2,3)44(36-16-10-11-17-36)29-27-43-26-14-32-47-39-20-12-15-35(33-39)34-21-23-37(24-22-34)45(41(4,5)6)30-28-42-25-13-31-46-38-18-8-7-9-19-38/h7-9,12,15,18-20,33-34,36-37,42-43H,10-11,13-14,16-17,21-32H2,1-6H3. The minimum Gasteiger partial charge on any atom is -0.315 e. The molecular formula is C41H68N4S2. The molecule has 4 rings (SSSR count). The third-order valence-corrected chi connectivity index (χ3v) is 12.5. The van der Waals surface area contributed by atoms with Gasteiger partial charge in [-0.15, -0.1) is 23.5 Å². The SMILES string of the molecule is CC(C)(C)N(CCNCCCSc1cccc(C2CCC(N(CCNCCCSc3ccccc3)C(C)(C)C)CC2)c1)C1CCCC1. The second-order valence-electron chi connectivity index (χ2n) is 16.0. The van der Waals surface area contributed by atoms with E-state index in [0.717, 1.165) is 38.8 Å². The van der Waals surface area contributed by atoms with Crippen molar-refractivity contribution in [3.05, 3.63) is 60.2 Å². The molecule has 47 heavy (non-hydrogen) atoms. The highest BCUT2D eigenvalue weighted by atomic mass is 32.2. The minimum absolute atomic E-state index is 0.204. The van der Waals surface area contributed by atoms with Crippen molar-refractivity contribution < 1.29 is 0 Å². The maximum atomic E-state index is 3.75. The highest BCUT2D eigenvalue weighted by molar-refractivity contribution is 7.99. The maximum absolute atomic E-state index is 3.75. The molecule has 2 aliphatic rings. The van der Waals surface area contributed by atoms with E-state index in [1.165, 1.54) is 92.0 Å². The molecule has 2 aromatic carbocycles. The fraction of sp³-hybridized carbons (Fsp3) is 0.707. The summed E-state index contributed by atoms with van der Waals surface area (Å²) in [5, 5.41) is 7.49. The smallest absolute Gasteiger partial charge is 0.0128 e. The van der Waals surface area contributed by atoms with Crippen LogP contribution in [-0.4, -0.2) is 83.7 Å². The summed E-state index contributed by atoms with van der Waals surface area (Å²) >= 11 is 4.01. The molecule has 2 N–H and O–H groups in total. The molecule has 0 heterocycles. The Morgan fingerprint density at radius 2 is 1.11 bits per heavy atom. The molecule has 0 aromatic heterocycles. The summed E-state index contributed by atoms with van der Waals surface area (Å²) in [5.74, 6) is 3.08. The van der Waals surface area contributed by atoms with Crippen LogP contribution in [0.15, 0.2) is 64.4 Å². The fourth-order valence-corrected chi connectivity index (χ4v) is 9.66. The third kappa shape index (κ3) is 13.7. The summed E-state index contributed by atoms with van der Waals surface area (Å²) in [5.41, 5.74) is 2.04. The van der Waals surface area contributed by atoms with E-state index in [4.69, 9.17) is 0 Å². The van der Waals surface area contributed by atoms with Crippen molar-refractivity contribution >= 4 is 23.5 Å². The Morgan fingerprint density at radius 1 is 0.596 bits per heavy atom. The predicted octanol–water partition coefficient (Wildman–Crippen LogP) is 9.70. The zero-order valence-electron chi connectivity index (χ0n) is 30.9. The van der Waals surface area contributed by atoms with Crippen LogP contribution in [0.3, 0.4) is 0 Å². The van der Waals surface area contributed by atoms with Crippen LogP contribution in [0.1, 0.15) is 117 Å². The van der Waals surface area contributed by atoms with E-state index >= 15 is 0 Å². The number of hydrogen-bond acceptors (Lipinski definition) is 6. The lowest BCUT2D eigenvalue weighted by molar-refractivity contribution is 0.0581. The summed E-state index contributed by atoms with van der Waals surface area (Å²) < 4.78 is 0. The average molecular weight is 681 g/mol. The molecule has 264 valence electrons. The molecule has 6 heteroatoms. The van der Waals surface area contributed by atoms with E-state index in [1.807, 2.05) is 23.5 Å². The van der Waals surface area contributed by atoms with Crippen LogP contribution < -0.4 is 10.6 Å². The first-order valence-corrected chi connectivity index (χ1v) is 20.9. The van der Waals surface area contributed by atoms with Crippen molar-refractivity contribution in [2.24, 2.45) is 0 Å².